The second-order valence-corrected chi connectivity index (χ2v) is 9.32. The lowest BCUT2D eigenvalue weighted by atomic mass is 10.1. The van der Waals surface area contributed by atoms with Crippen molar-refractivity contribution in [3.8, 4) is 11.1 Å². The van der Waals surface area contributed by atoms with Gasteiger partial charge in [0.25, 0.3) is 0 Å². The Kier molecular flexibility index (Phi) is 7.64. The van der Waals surface area contributed by atoms with E-state index < -0.39 is 5.82 Å². The van der Waals surface area contributed by atoms with Gasteiger partial charge < -0.3 is 10.6 Å². The van der Waals surface area contributed by atoms with E-state index in [2.05, 4.69) is 48.1 Å². The summed E-state index contributed by atoms with van der Waals surface area (Å²) >= 11 is 13.9. The van der Waals surface area contributed by atoms with Crippen molar-refractivity contribution in [1.29, 1.82) is 0 Å². The maximum absolute atomic E-state index is 13.9. The fraction of sp³-hybridized carbons (Fsp3) is 0.261. The summed E-state index contributed by atoms with van der Waals surface area (Å²) in [5, 5.41) is 0.265. The Morgan fingerprint density at radius 1 is 1.13 bits per heavy atom. The van der Waals surface area contributed by atoms with E-state index in [1.807, 2.05) is 13.0 Å². The molecular weight excluding hydrogens is 440 g/mol. The molecule has 30 heavy (non-hydrogen) atoms. The Morgan fingerprint density at radius 3 is 2.50 bits per heavy atom. The smallest absolute Gasteiger partial charge is 0.142 e. The van der Waals surface area contributed by atoms with E-state index in [0.717, 1.165) is 29.1 Å². The van der Waals surface area contributed by atoms with E-state index in [1.165, 1.54) is 29.5 Å². The van der Waals surface area contributed by atoms with E-state index in [0.29, 0.717) is 16.4 Å². The molecule has 0 amide bonds. The van der Waals surface area contributed by atoms with E-state index >= 15 is 0 Å². The van der Waals surface area contributed by atoms with Gasteiger partial charge in [-0.15, -0.1) is 11.8 Å². The first-order valence-corrected chi connectivity index (χ1v) is 11.3. The number of pyridine rings is 1. The minimum Gasteiger partial charge on any atom is -0.383 e. The van der Waals surface area contributed by atoms with E-state index in [9.17, 15) is 4.39 Å². The Balaban J connectivity index is 1.85. The van der Waals surface area contributed by atoms with E-state index in [4.69, 9.17) is 28.9 Å². The number of anilines is 1. The highest BCUT2D eigenvalue weighted by Gasteiger charge is 2.19. The monoisotopic (exact) mass is 463 g/mol. The summed E-state index contributed by atoms with van der Waals surface area (Å²) in [6.07, 6.45) is 1.76. The van der Waals surface area contributed by atoms with Crippen molar-refractivity contribution in [3.63, 3.8) is 0 Å². The molecule has 2 aromatic carbocycles. The average Bonchev–Trinajstić information content (AvgIpc) is 2.73. The van der Waals surface area contributed by atoms with Gasteiger partial charge in [-0.05, 0) is 49.8 Å². The zero-order chi connectivity index (χ0) is 21.8. The molecule has 2 N–H and O–H groups in total. The van der Waals surface area contributed by atoms with Crippen LogP contribution in [0.1, 0.15) is 30.2 Å². The van der Waals surface area contributed by atoms with Gasteiger partial charge in [-0.25, -0.2) is 9.37 Å². The van der Waals surface area contributed by atoms with Crippen LogP contribution in [0.4, 0.5) is 10.2 Å². The molecule has 0 saturated heterocycles. The van der Waals surface area contributed by atoms with Gasteiger partial charge >= 0.3 is 0 Å². The number of hydrogen-bond donors (Lipinski definition) is 1. The Labute approximate surface area is 191 Å². The second kappa shape index (κ2) is 10.0. The van der Waals surface area contributed by atoms with Crippen LogP contribution in [0.25, 0.3) is 11.1 Å². The third-order valence-electron chi connectivity index (χ3n) is 4.95. The first-order chi connectivity index (χ1) is 14.3. The van der Waals surface area contributed by atoms with Gasteiger partial charge in [-0.3, -0.25) is 0 Å². The Hall–Kier alpha value is -1.79. The molecule has 0 bridgehead atoms. The molecule has 0 radical (unpaired) electrons. The van der Waals surface area contributed by atoms with Crippen molar-refractivity contribution < 1.29 is 4.39 Å². The lowest BCUT2D eigenvalue weighted by molar-refractivity contribution is 0.346. The molecular formula is C23H24Cl2FN3S. The predicted octanol–water partition coefficient (Wildman–Crippen LogP) is 7.08. The van der Waals surface area contributed by atoms with Gasteiger partial charge in [-0.1, -0.05) is 54.4 Å². The van der Waals surface area contributed by atoms with Gasteiger partial charge in [0.15, 0.2) is 0 Å². The minimum absolute atomic E-state index is 0.0396. The first-order valence-electron chi connectivity index (χ1n) is 9.63. The molecule has 1 atom stereocenters. The maximum Gasteiger partial charge on any atom is 0.142 e. The molecule has 1 heterocycles. The van der Waals surface area contributed by atoms with Crippen LogP contribution in [0.3, 0.4) is 0 Å². The maximum atomic E-state index is 13.9. The van der Waals surface area contributed by atoms with Gasteiger partial charge in [0, 0.05) is 34.1 Å². The van der Waals surface area contributed by atoms with E-state index in [-0.39, 0.29) is 10.3 Å². The lowest BCUT2D eigenvalue weighted by Gasteiger charge is -2.17. The molecule has 0 aliphatic rings. The fourth-order valence-electron chi connectivity index (χ4n) is 3.10. The number of nitrogens with two attached hydrogens (primary N) is 1. The summed E-state index contributed by atoms with van der Waals surface area (Å²) in [6, 6.07) is 13.2. The van der Waals surface area contributed by atoms with Crippen LogP contribution in [-0.2, 0) is 6.54 Å². The molecule has 3 nitrogen and oxygen atoms in total. The highest BCUT2D eigenvalue weighted by Crippen LogP contribution is 2.44. The summed E-state index contributed by atoms with van der Waals surface area (Å²) in [6.45, 7) is 5.97. The van der Waals surface area contributed by atoms with Gasteiger partial charge in [-0.2, -0.15) is 0 Å². The Bertz CT molecular complexity index is 1030. The van der Waals surface area contributed by atoms with Crippen LogP contribution < -0.4 is 5.73 Å². The van der Waals surface area contributed by atoms with Crippen LogP contribution in [0.2, 0.25) is 10.0 Å². The molecule has 0 spiro atoms. The molecule has 0 saturated carbocycles. The standard InChI is InChI=1S/C23H24Cl2FN3S/c1-4-29(3)13-15-5-7-16(8-6-15)17-11-20(23(27)28-12-17)30-14(2)21-18(24)9-10-19(26)22(21)25/h5-12,14H,4,13H2,1-3H3,(H2,27,28). The zero-order valence-electron chi connectivity index (χ0n) is 17.1. The Morgan fingerprint density at radius 2 is 1.83 bits per heavy atom. The van der Waals surface area contributed by atoms with Crippen molar-refractivity contribution in [2.24, 2.45) is 0 Å². The van der Waals surface area contributed by atoms with Crippen LogP contribution >= 0.6 is 35.0 Å². The van der Waals surface area contributed by atoms with Crippen LogP contribution in [0, 0.1) is 5.82 Å². The van der Waals surface area contributed by atoms with Gasteiger partial charge in [0.05, 0.1) is 9.92 Å². The fourth-order valence-corrected chi connectivity index (χ4v) is 5.04. The molecule has 0 fully saturated rings. The second-order valence-electron chi connectivity index (χ2n) is 7.15. The molecule has 158 valence electrons. The molecule has 7 heteroatoms. The third kappa shape index (κ3) is 5.27. The summed E-state index contributed by atoms with van der Waals surface area (Å²) in [7, 11) is 2.10. The topological polar surface area (TPSA) is 42.2 Å². The third-order valence-corrected chi connectivity index (χ3v) is 6.83. The molecule has 3 aromatic rings. The number of benzene rings is 2. The molecule has 1 unspecified atom stereocenters. The van der Waals surface area contributed by atoms with Crippen LogP contribution in [-0.4, -0.2) is 23.5 Å². The highest BCUT2D eigenvalue weighted by molar-refractivity contribution is 7.99. The molecule has 3 rings (SSSR count). The number of nitrogen functional groups attached to an aromatic ring is 1. The van der Waals surface area contributed by atoms with Crippen LogP contribution in [0.15, 0.2) is 53.6 Å². The van der Waals surface area contributed by atoms with Crippen LogP contribution in [0.5, 0.6) is 0 Å². The zero-order valence-corrected chi connectivity index (χ0v) is 19.5. The summed E-state index contributed by atoms with van der Waals surface area (Å²) in [5.41, 5.74) is 9.95. The van der Waals surface area contributed by atoms with Crippen molar-refractivity contribution in [2.45, 2.75) is 30.5 Å². The summed E-state index contributed by atoms with van der Waals surface area (Å²) < 4.78 is 13.9. The quantitative estimate of drug-likeness (QED) is 0.300. The number of hydrogen-bond acceptors (Lipinski definition) is 4. The SMILES string of the molecule is CCN(C)Cc1ccc(-c2cnc(N)c(SC(C)c3c(Cl)ccc(F)c3Cl)c2)cc1. The van der Waals surface area contributed by atoms with Crippen molar-refractivity contribution in [2.75, 3.05) is 19.3 Å². The van der Waals surface area contributed by atoms with Crippen molar-refractivity contribution in [3.05, 3.63) is 75.7 Å². The number of nitrogens with zero attached hydrogens (tertiary/aromatic N) is 2. The summed E-state index contributed by atoms with van der Waals surface area (Å²) in [4.78, 5) is 7.40. The minimum atomic E-state index is -0.489. The average molecular weight is 464 g/mol. The molecule has 0 aliphatic heterocycles. The van der Waals surface area contributed by atoms with Crippen molar-refractivity contribution in [1.82, 2.24) is 9.88 Å². The predicted molar refractivity (Wildman–Crippen MR) is 127 cm³/mol. The molecule has 0 aliphatic carbocycles. The number of thioether (sulfide) groups is 1. The highest BCUT2D eigenvalue weighted by atomic mass is 35.5. The number of rotatable bonds is 7. The van der Waals surface area contributed by atoms with Crippen molar-refractivity contribution >= 4 is 40.8 Å². The lowest BCUT2D eigenvalue weighted by Crippen LogP contribution is -2.16. The summed E-state index contributed by atoms with van der Waals surface area (Å²) in [5.74, 6) is -0.0717. The number of halogens is 3. The normalized spacial score (nSPS) is 12.4. The van der Waals surface area contributed by atoms with Gasteiger partial charge in [0.2, 0.25) is 0 Å². The number of aromatic nitrogens is 1. The van der Waals surface area contributed by atoms with E-state index in [1.54, 1.807) is 6.20 Å². The largest absolute Gasteiger partial charge is 0.383 e. The first kappa shape index (κ1) is 22.9. The van der Waals surface area contributed by atoms with Gasteiger partial charge in [0.1, 0.15) is 11.6 Å². The molecule has 1 aromatic heterocycles.